The minimum atomic E-state index is -1.22. The van der Waals surface area contributed by atoms with E-state index in [-0.39, 0.29) is 5.56 Å². The summed E-state index contributed by atoms with van der Waals surface area (Å²) in [6.07, 6.45) is 0. The average Bonchev–Trinajstić information content (AvgIpc) is 2.13. The molecule has 88 valence electrons. The smallest absolute Gasteiger partial charge is 0.136 e. The molecule has 17 heavy (non-hydrogen) atoms. The van der Waals surface area contributed by atoms with Crippen LogP contribution in [0.3, 0.4) is 0 Å². The Hall–Kier alpha value is -1.91. The first-order valence-electron chi connectivity index (χ1n) is 4.58. The van der Waals surface area contributed by atoms with Gasteiger partial charge in [-0.3, -0.25) is 0 Å². The van der Waals surface area contributed by atoms with Gasteiger partial charge in [0, 0.05) is 18.2 Å². The summed E-state index contributed by atoms with van der Waals surface area (Å²) in [5, 5.41) is 0. The molecule has 2 rings (SSSR count). The van der Waals surface area contributed by atoms with Crippen LogP contribution in [0.25, 0.3) is 11.1 Å². The zero-order valence-corrected chi connectivity index (χ0v) is 8.28. The van der Waals surface area contributed by atoms with Crippen LogP contribution in [0.5, 0.6) is 0 Å². The van der Waals surface area contributed by atoms with Gasteiger partial charge in [-0.1, -0.05) is 0 Å². The Morgan fingerprint density at radius 3 is 1.41 bits per heavy atom. The summed E-state index contributed by atoms with van der Waals surface area (Å²) >= 11 is 0. The molecule has 0 N–H and O–H groups in total. The minimum Gasteiger partial charge on any atom is -0.207 e. The topological polar surface area (TPSA) is 0 Å². The Morgan fingerprint density at radius 2 is 0.941 bits per heavy atom. The molecular formula is C12H5F5. The fourth-order valence-electron chi connectivity index (χ4n) is 1.52. The van der Waals surface area contributed by atoms with E-state index in [1.54, 1.807) is 0 Å². The molecule has 0 aliphatic carbocycles. The molecule has 0 fully saturated rings. The standard InChI is InChI=1S/C12H5F5/c13-7-1-6(2-8(14)3-7)12-10(16)4-9(15)5-11(12)17/h1-5H. The molecule has 5 heteroatoms. The first kappa shape index (κ1) is 11.6. The first-order chi connectivity index (χ1) is 7.97. The first-order valence-corrected chi connectivity index (χ1v) is 4.58. The normalized spacial score (nSPS) is 10.6. The minimum absolute atomic E-state index is 0.322. The maximum absolute atomic E-state index is 13.3. The van der Waals surface area contributed by atoms with Crippen LogP contribution < -0.4 is 0 Å². The fourth-order valence-corrected chi connectivity index (χ4v) is 1.52. The summed E-state index contributed by atoms with van der Waals surface area (Å²) in [4.78, 5) is 0. The van der Waals surface area contributed by atoms with E-state index in [0.717, 1.165) is 12.1 Å². The lowest BCUT2D eigenvalue weighted by Crippen LogP contribution is -1.94. The maximum Gasteiger partial charge on any atom is 0.136 e. The van der Waals surface area contributed by atoms with E-state index in [4.69, 9.17) is 0 Å². The predicted octanol–water partition coefficient (Wildman–Crippen LogP) is 4.05. The predicted molar refractivity (Wildman–Crippen MR) is 51.7 cm³/mol. The molecule has 0 spiro atoms. The molecule has 0 heterocycles. The van der Waals surface area contributed by atoms with Gasteiger partial charge in [-0.25, -0.2) is 22.0 Å². The van der Waals surface area contributed by atoms with E-state index in [0.29, 0.717) is 18.2 Å². The highest BCUT2D eigenvalue weighted by atomic mass is 19.2. The molecule has 0 aliphatic rings. The van der Waals surface area contributed by atoms with Gasteiger partial charge in [-0.2, -0.15) is 0 Å². The molecule has 0 saturated heterocycles. The second-order valence-corrected chi connectivity index (χ2v) is 3.40. The monoisotopic (exact) mass is 244 g/mol. The number of benzene rings is 2. The Labute approximate surface area is 93.3 Å². The summed E-state index contributed by atoms with van der Waals surface area (Å²) in [6.45, 7) is 0. The molecule has 0 atom stereocenters. The molecule has 0 aromatic heterocycles. The lowest BCUT2D eigenvalue weighted by molar-refractivity contribution is 0.547. The van der Waals surface area contributed by atoms with E-state index in [9.17, 15) is 22.0 Å². The Kier molecular flexibility index (Phi) is 2.83. The zero-order valence-electron chi connectivity index (χ0n) is 8.28. The third-order valence-corrected chi connectivity index (χ3v) is 2.16. The Bertz CT molecular complexity index is 534. The Balaban J connectivity index is 2.68. The van der Waals surface area contributed by atoms with E-state index < -0.39 is 34.6 Å². The summed E-state index contributed by atoms with van der Waals surface area (Å²) in [7, 11) is 0. The largest absolute Gasteiger partial charge is 0.207 e. The number of hydrogen-bond donors (Lipinski definition) is 0. The second-order valence-electron chi connectivity index (χ2n) is 3.40. The SMILES string of the molecule is Fc1cc(F)cc(-c2c(F)cc(F)cc2F)c1. The van der Waals surface area contributed by atoms with Gasteiger partial charge in [0.2, 0.25) is 0 Å². The van der Waals surface area contributed by atoms with Gasteiger partial charge in [0.1, 0.15) is 29.1 Å². The van der Waals surface area contributed by atoms with E-state index >= 15 is 0 Å². The van der Waals surface area contributed by atoms with E-state index in [2.05, 4.69) is 0 Å². The lowest BCUT2D eigenvalue weighted by Gasteiger charge is -2.06. The van der Waals surface area contributed by atoms with Crippen molar-refractivity contribution in [3.63, 3.8) is 0 Å². The summed E-state index contributed by atoms with van der Waals surface area (Å²) < 4.78 is 65.1. The quantitative estimate of drug-likeness (QED) is 0.664. The highest BCUT2D eigenvalue weighted by Crippen LogP contribution is 2.28. The fraction of sp³-hybridized carbons (Fsp3) is 0. The van der Waals surface area contributed by atoms with E-state index in [1.165, 1.54) is 0 Å². The molecule has 0 saturated carbocycles. The summed E-state index contributed by atoms with van der Waals surface area (Å²) in [5.41, 5.74) is -0.984. The highest BCUT2D eigenvalue weighted by molar-refractivity contribution is 5.65. The van der Waals surface area contributed by atoms with E-state index in [1.807, 2.05) is 0 Å². The van der Waals surface area contributed by atoms with Crippen LogP contribution in [0.15, 0.2) is 30.3 Å². The van der Waals surface area contributed by atoms with Crippen molar-refractivity contribution in [2.45, 2.75) is 0 Å². The van der Waals surface area contributed by atoms with Crippen molar-refractivity contribution in [3.8, 4) is 11.1 Å². The van der Waals surface area contributed by atoms with Crippen LogP contribution in [0.1, 0.15) is 0 Å². The van der Waals surface area contributed by atoms with Crippen LogP contribution in [-0.4, -0.2) is 0 Å². The third kappa shape index (κ3) is 2.27. The maximum atomic E-state index is 13.3. The van der Waals surface area contributed by atoms with Gasteiger partial charge in [0.25, 0.3) is 0 Å². The number of hydrogen-bond acceptors (Lipinski definition) is 0. The van der Waals surface area contributed by atoms with Crippen molar-refractivity contribution < 1.29 is 22.0 Å². The Morgan fingerprint density at radius 1 is 0.529 bits per heavy atom. The van der Waals surface area contributed by atoms with Crippen LogP contribution in [0, 0.1) is 29.1 Å². The highest BCUT2D eigenvalue weighted by Gasteiger charge is 2.15. The zero-order chi connectivity index (χ0) is 12.6. The second kappa shape index (κ2) is 4.16. The molecular weight excluding hydrogens is 239 g/mol. The van der Waals surface area contributed by atoms with Crippen molar-refractivity contribution in [3.05, 3.63) is 59.4 Å². The van der Waals surface area contributed by atoms with Gasteiger partial charge >= 0.3 is 0 Å². The molecule has 0 aliphatic heterocycles. The van der Waals surface area contributed by atoms with Crippen LogP contribution in [0.2, 0.25) is 0 Å². The average molecular weight is 244 g/mol. The van der Waals surface area contributed by atoms with Crippen molar-refractivity contribution in [2.24, 2.45) is 0 Å². The number of rotatable bonds is 1. The molecule has 0 nitrogen and oxygen atoms in total. The molecule has 2 aromatic rings. The molecule has 2 aromatic carbocycles. The summed E-state index contributed by atoms with van der Waals surface area (Å²) in [6, 6.07) is 3.00. The van der Waals surface area contributed by atoms with Gasteiger partial charge in [-0.05, 0) is 17.7 Å². The number of halogens is 5. The van der Waals surface area contributed by atoms with Gasteiger partial charge in [-0.15, -0.1) is 0 Å². The molecule has 0 amide bonds. The van der Waals surface area contributed by atoms with Gasteiger partial charge in [0.05, 0.1) is 5.56 Å². The van der Waals surface area contributed by atoms with Gasteiger partial charge in [0.15, 0.2) is 0 Å². The lowest BCUT2D eigenvalue weighted by atomic mass is 10.0. The molecule has 0 bridgehead atoms. The molecule has 0 unspecified atom stereocenters. The van der Waals surface area contributed by atoms with Crippen molar-refractivity contribution >= 4 is 0 Å². The van der Waals surface area contributed by atoms with Gasteiger partial charge < -0.3 is 0 Å². The van der Waals surface area contributed by atoms with Crippen molar-refractivity contribution in [2.75, 3.05) is 0 Å². The van der Waals surface area contributed by atoms with Crippen LogP contribution >= 0.6 is 0 Å². The third-order valence-electron chi connectivity index (χ3n) is 2.16. The van der Waals surface area contributed by atoms with Crippen LogP contribution in [-0.2, 0) is 0 Å². The molecule has 0 radical (unpaired) electrons. The van der Waals surface area contributed by atoms with Crippen molar-refractivity contribution in [1.29, 1.82) is 0 Å². The van der Waals surface area contributed by atoms with Crippen LogP contribution in [0.4, 0.5) is 22.0 Å². The summed E-state index contributed by atoms with van der Waals surface area (Å²) in [5.74, 6) is -5.47. The van der Waals surface area contributed by atoms with Crippen molar-refractivity contribution in [1.82, 2.24) is 0 Å².